The lowest BCUT2D eigenvalue weighted by molar-refractivity contribution is -0.385. The lowest BCUT2D eigenvalue weighted by Gasteiger charge is -2.23. The van der Waals surface area contributed by atoms with E-state index >= 15 is 0 Å². The van der Waals surface area contributed by atoms with Crippen LogP contribution in [0.4, 0.5) is 11.5 Å². The van der Waals surface area contributed by atoms with E-state index in [1.54, 1.807) is 6.92 Å². The molecule has 1 aromatic rings. The molecule has 0 radical (unpaired) electrons. The molecule has 6 heteroatoms. The van der Waals surface area contributed by atoms with Crippen molar-refractivity contribution in [2.75, 3.05) is 24.6 Å². The van der Waals surface area contributed by atoms with Gasteiger partial charge in [-0.3, -0.25) is 10.1 Å². The van der Waals surface area contributed by atoms with Gasteiger partial charge in [-0.25, -0.2) is 4.98 Å². The Balaban J connectivity index is 2.99. The van der Waals surface area contributed by atoms with Crippen molar-refractivity contribution in [1.82, 2.24) is 4.98 Å². The standard InChI is InChI=1S/C11H17N3O3/c1-3-4-13(5-6-15)11-9(2)7-10(8-12-11)14(16)17/h7-8,15H,3-6H2,1-2H3. The van der Waals surface area contributed by atoms with Gasteiger partial charge in [0.25, 0.3) is 5.69 Å². The highest BCUT2D eigenvalue weighted by molar-refractivity contribution is 5.50. The van der Waals surface area contributed by atoms with E-state index in [2.05, 4.69) is 4.98 Å². The van der Waals surface area contributed by atoms with Crippen LogP contribution in [0.3, 0.4) is 0 Å². The summed E-state index contributed by atoms with van der Waals surface area (Å²) in [5.74, 6) is 0.700. The van der Waals surface area contributed by atoms with Crippen LogP contribution in [0, 0.1) is 17.0 Å². The van der Waals surface area contributed by atoms with Gasteiger partial charge in [0.1, 0.15) is 12.0 Å². The minimum absolute atomic E-state index is 0.00769. The summed E-state index contributed by atoms with van der Waals surface area (Å²) in [5.41, 5.74) is 0.743. The molecule has 0 saturated carbocycles. The molecular weight excluding hydrogens is 222 g/mol. The average molecular weight is 239 g/mol. The zero-order valence-corrected chi connectivity index (χ0v) is 10.1. The minimum Gasteiger partial charge on any atom is -0.395 e. The third kappa shape index (κ3) is 3.39. The van der Waals surface area contributed by atoms with E-state index in [4.69, 9.17) is 5.11 Å². The number of aliphatic hydroxyl groups is 1. The molecule has 0 aliphatic rings. The molecule has 6 nitrogen and oxygen atoms in total. The Hall–Kier alpha value is -1.69. The summed E-state index contributed by atoms with van der Waals surface area (Å²) >= 11 is 0. The average Bonchev–Trinajstić information content (AvgIpc) is 2.28. The van der Waals surface area contributed by atoms with Gasteiger partial charge in [0.2, 0.25) is 0 Å². The van der Waals surface area contributed by atoms with Crippen LogP contribution >= 0.6 is 0 Å². The molecule has 1 aromatic heterocycles. The fraction of sp³-hybridized carbons (Fsp3) is 0.545. The summed E-state index contributed by atoms with van der Waals surface area (Å²) in [6.45, 7) is 5.12. The molecule has 0 spiro atoms. The number of nitro groups is 1. The van der Waals surface area contributed by atoms with Gasteiger partial charge < -0.3 is 10.0 Å². The highest BCUT2D eigenvalue weighted by Gasteiger charge is 2.13. The molecule has 0 unspecified atom stereocenters. The Bertz CT molecular complexity index is 390. The number of pyridine rings is 1. The first kappa shape index (κ1) is 13.4. The van der Waals surface area contributed by atoms with E-state index in [1.165, 1.54) is 12.3 Å². The maximum atomic E-state index is 10.6. The SMILES string of the molecule is CCCN(CCO)c1ncc([N+](=O)[O-])cc1C. The Morgan fingerprint density at radius 3 is 2.71 bits per heavy atom. The van der Waals surface area contributed by atoms with Gasteiger partial charge in [0.15, 0.2) is 0 Å². The van der Waals surface area contributed by atoms with Crippen molar-refractivity contribution in [3.05, 3.63) is 27.9 Å². The maximum absolute atomic E-state index is 10.6. The molecule has 1 heterocycles. The predicted molar refractivity (Wildman–Crippen MR) is 65.2 cm³/mol. The molecule has 0 aliphatic heterocycles. The third-order valence-electron chi connectivity index (χ3n) is 2.41. The molecule has 17 heavy (non-hydrogen) atoms. The first-order chi connectivity index (χ1) is 8.10. The van der Waals surface area contributed by atoms with Gasteiger partial charge in [0, 0.05) is 19.2 Å². The van der Waals surface area contributed by atoms with Gasteiger partial charge in [-0.2, -0.15) is 0 Å². The van der Waals surface area contributed by atoms with Gasteiger partial charge >= 0.3 is 0 Å². The quantitative estimate of drug-likeness (QED) is 0.601. The predicted octanol–water partition coefficient (Wildman–Crippen LogP) is 1.51. The van der Waals surface area contributed by atoms with Crippen LogP contribution < -0.4 is 4.90 Å². The van der Waals surface area contributed by atoms with Crippen molar-refractivity contribution < 1.29 is 10.0 Å². The lowest BCUT2D eigenvalue weighted by Crippen LogP contribution is -2.29. The number of anilines is 1. The number of hydrogen-bond donors (Lipinski definition) is 1. The highest BCUT2D eigenvalue weighted by atomic mass is 16.6. The van der Waals surface area contributed by atoms with Crippen LogP contribution in [-0.2, 0) is 0 Å². The van der Waals surface area contributed by atoms with E-state index in [-0.39, 0.29) is 12.3 Å². The summed E-state index contributed by atoms with van der Waals surface area (Å²) in [7, 11) is 0. The topological polar surface area (TPSA) is 79.5 Å². The van der Waals surface area contributed by atoms with Crippen LogP contribution in [0.25, 0.3) is 0 Å². The number of hydrogen-bond acceptors (Lipinski definition) is 5. The molecule has 0 aliphatic carbocycles. The second-order valence-corrected chi connectivity index (χ2v) is 3.80. The number of aromatic nitrogens is 1. The Kier molecular flexibility index (Phi) is 4.84. The highest BCUT2D eigenvalue weighted by Crippen LogP contribution is 2.21. The van der Waals surface area contributed by atoms with E-state index < -0.39 is 4.92 Å². The van der Waals surface area contributed by atoms with Crippen molar-refractivity contribution in [3.63, 3.8) is 0 Å². The molecule has 94 valence electrons. The van der Waals surface area contributed by atoms with Crippen molar-refractivity contribution >= 4 is 11.5 Å². The largest absolute Gasteiger partial charge is 0.395 e. The van der Waals surface area contributed by atoms with Crippen molar-refractivity contribution in [1.29, 1.82) is 0 Å². The normalized spacial score (nSPS) is 10.3. The molecule has 1 N–H and O–H groups in total. The fourth-order valence-electron chi connectivity index (χ4n) is 1.70. The van der Waals surface area contributed by atoms with E-state index in [1.807, 2.05) is 11.8 Å². The Morgan fingerprint density at radius 2 is 2.24 bits per heavy atom. The molecule has 0 amide bonds. The van der Waals surface area contributed by atoms with Crippen molar-refractivity contribution in [3.8, 4) is 0 Å². The van der Waals surface area contributed by atoms with Crippen LogP contribution in [0.15, 0.2) is 12.3 Å². The second-order valence-electron chi connectivity index (χ2n) is 3.80. The van der Waals surface area contributed by atoms with Crippen molar-refractivity contribution in [2.45, 2.75) is 20.3 Å². The molecule has 0 saturated heterocycles. The number of aliphatic hydroxyl groups excluding tert-OH is 1. The Morgan fingerprint density at radius 1 is 1.53 bits per heavy atom. The first-order valence-electron chi connectivity index (χ1n) is 5.57. The van der Waals surface area contributed by atoms with E-state index in [0.29, 0.717) is 12.4 Å². The molecule has 0 bridgehead atoms. The summed E-state index contributed by atoms with van der Waals surface area (Å²) in [6, 6.07) is 1.50. The molecular formula is C11H17N3O3. The fourth-order valence-corrected chi connectivity index (χ4v) is 1.70. The molecule has 0 fully saturated rings. The molecule has 0 aromatic carbocycles. The lowest BCUT2D eigenvalue weighted by atomic mass is 10.2. The van der Waals surface area contributed by atoms with Gasteiger partial charge in [0.05, 0.1) is 11.5 Å². The number of nitrogens with zero attached hydrogens (tertiary/aromatic N) is 3. The van der Waals surface area contributed by atoms with E-state index in [0.717, 1.165) is 18.5 Å². The van der Waals surface area contributed by atoms with Gasteiger partial charge in [-0.15, -0.1) is 0 Å². The zero-order valence-electron chi connectivity index (χ0n) is 10.1. The smallest absolute Gasteiger partial charge is 0.287 e. The van der Waals surface area contributed by atoms with Crippen LogP contribution in [0.5, 0.6) is 0 Å². The molecule has 0 atom stereocenters. The second kappa shape index (κ2) is 6.15. The summed E-state index contributed by atoms with van der Waals surface area (Å²) < 4.78 is 0. The minimum atomic E-state index is -0.458. The van der Waals surface area contributed by atoms with Crippen LogP contribution in [0.1, 0.15) is 18.9 Å². The van der Waals surface area contributed by atoms with Crippen molar-refractivity contribution in [2.24, 2.45) is 0 Å². The number of rotatable bonds is 6. The summed E-state index contributed by atoms with van der Waals surface area (Å²) in [4.78, 5) is 16.2. The number of aryl methyl sites for hydroxylation is 1. The monoisotopic (exact) mass is 239 g/mol. The summed E-state index contributed by atoms with van der Waals surface area (Å²) in [6.07, 6.45) is 2.18. The summed E-state index contributed by atoms with van der Waals surface area (Å²) in [5, 5.41) is 19.6. The Labute approximate surface area is 100 Å². The van der Waals surface area contributed by atoms with E-state index in [9.17, 15) is 10.1 Å². The zero-order chi connectivity index (χ0) is 12.8. The third-order valence-corrected chi connectivity index (χ3v) is 2.41. The van der Waals surface area contributed by atoms with Gasteiger partial charge in [-0.05, 0) is 18.9 Å². The van der Waals surface area contributed by atoms with Gasteiger partial charge in [-0.1, -0.05) is 6.92 Å². The molecule has 1 rings (SSSR count). The van der Waals surface area contributed by atoms with Crippen LogP contribution in [-0.4, -0.2) is 34.7 Å². The maximum Gasteiger partial charge on any atom is 0.287 e. The first-order valence-corrected chi connectivity index (χ1v) is 5.57. The van der Waals surface area contributed by atoms with Crippen LogP contribution in [0.2, 0.25) is 0 Å².